The molecule has 0 saturated heterocycles. The fraction of sp³-hybridized carbons (Fsp3) is 0.545. The van der Waals surface area contributed by atoms with E-state index in [-0.39, 0.29) is 5.91 Å². The van der Waals surface area contributed by atoms with E-state index in [4.69, 9.17) is 5.84 Å². The third-order valence-electron chi connectivity index (χ3n) is 3.14. The number of nitrogens with one attached hydrogen (secondary N) is 1. The molecule has 0 aliphatic heterocycles. The maximum atomic E-state index is 11.5. The zero-order valence-electron chi connectivity index (χ0n) is 9.03. The fourth-order valence-corrected chi connectivity index (χ4v) is 3.34. The highest BCUT2D eigenvalue weighted by Crippen LogP contribution is 2.40. The summed E-state index contributed by atoms with van der Waals surface area (Å²) in [6.07, 6.45) is 4.65. The van der Waals surface area contributed by atoms with E-state index in [1.165, 1.54) is 11.3 Å². The first-order valence-corrected chi connectivity index (χ1v) is 6.37. The van der Waals surface area contributed by atoms with Crippen LogP contribution in [0.1, 0.15) is 47.3 Å². The van der Waals surface area contributed by atoms with Crippen LogP contribution in [-0.4, -0.2) is 11.0 Å². The lowest BCUT2D eigenvalue weighted by atomic mass is 9.82. The standard InChI is InChI=1S/C11H16N2O2S/c12-13-10(14)8-4-7-16-9(8)11(15)5-2-1-3-6-11/h4,7,15H,1-3,5-6,12H2,(H,13,14). The van der Waals surface area contributed by atoms with Gasteiger partial charge < -0.3 is 5.11 Å². The average molecular weight is 240 g/mol. The highest BCUT2D eigenvalue weighted by molar-refractivity contribution is 7.10. The van der Waals surface area contributed by atoms with Gasteiger partial charge in [0.2, 0.25) is 0 Å². The topological polar surface area (TPSA) is 75.3 Å². The zero-order valence-corrected chi connectivity index (χ0v) is 9.85. The number of aliphatic hydroxyl groups is 1. The lowest BCUT2D eigenvalue weighted by molar-refractivity contribution is 0.00210. The van der Waals surface area contributed by atoms with E-state index < -0.39 is 5.60 Å². The number of rotatable bonds is 2. The van der Waals surface area contributed by atoms with Gasteiger partial charge in [0.05, 0.1) is 11.2 Å². The number of carbonyl (C=O) groups is 1. The SMILES string of the molecule is NNC(=O)c1ccsc1C1(O)CCCCC1. The minimum Gasteiger partial charge on any atom is -0.384 e. The third-order valence-corrected chi connectivity index (χ3v) is 4.25. The van der Waals surface area contributed by atoms with Crippen LogP contribution in [0.2, 0.25) is 0 Å². The molecule has 0 spiro atoms. The number of carbonyl (C=O) groups excluding carboxylic acids is 1. The normalized spacial score (nSPS) is 19.4. The monoisotopic (exact) mass is 240 g/mol. The third kappa shape index (κ3) is 1.98. The van der Waals surface area contributed by atoms with E-state index >= 15 is 0 Å². The molecule has 1 saturated carbocycles. The van der Waals surface area contributed by atoms with Crippen LogP contribution < -0.4 is 11.3 Å². The fourth-order valence-electron chi connectivity index (χ4n) is 2.29. The predicted molar refractivity (Wildman–Crippen MR) is 63.0 cm³/mol. The van der Waals surface area contributed by atoms with E-state index in [2.05, 4.69) is 5.43 Å². The molecular weight excluding hydrogens is 224 g/mol. The number of hydrazine groups is 1. The largest absolute Gasteiger partial charge is 0.384 e. The Morgan fingerprint density at radius 2 is 2.12 bits per heavy atom. The van der Waals surface area contributed by atoms with Crippen molar-refractivity contribution in [2.45, 2.75) is 37.7 Å². The van der Waals surface area contributed by atoms with Crippen LogP contribution in [0, 0.1) is 0 Å². The van der Waals surface area contributed by atoms with Crippen molar-refractivity contribution in [3.8, 4) is 0 Å². The lowest BCUT2D eigenvalue weighted by Gasteiger charge is -2.31. The molecule has 1 aliphatic carbocycles. The molecule has 1 heterocycles. The van der Waals surface area contributed by atoms with E-state index in [1.54, 1.807) is 6.07 Å². The molecule has 1 amide bonds. The maximum Gasteiger partial charge on any atom is 0.266 e. The first-order valence-electron chi connectivity index (χ1n) is 5.49. The molecule has 1 fully saturated rings. The van der Waals surface area contributed by atoms with Crippen molar-refractivity contribution in [2.75, 3.05) is 0 Å². The summed E-state index contributed by atoms with van der Waals surface area (Å²) in [6.45, 7) is 0. The number of amides is 1. The Balaban J connectivity index is 2.32. The number of nitrogen functional groups attached to an aromatic ring is 1. The van der Waals surface area contributed by atoms with Crippen LogP contribution in [-0.2, 0) is 5.60 Å². The summed E-state index contributed by atoms with van der Waals surface area (Å²) in [5.74, 6) is 4.80. The van der Waals surface area contributed by atoms with E-state index in [0.717, 1.165) is 37.0 Å². The van der Waals surface area contributed by atoms with Gasteiger partial charge in [0.25, 0.3) is 5.91 Å². The maximum absolute atomic E-state index is 11.5. The van der Waals surface area contributed by atoms with Crippen molar-refractivity contribution < 1.29 is 9.90 Å². The summed E-state index contributed by atoms with van der Waals surface area (Å²) in [6, 6.07) is 1.72. The quantitative estimate of drug-likeness (QED) is 0.416. The summed E-state index contributed by atoms with van der Waals surface area (Å²) in [5, 5.41) is 12.4. The molecule has 0 unspecified atom stereocenters. The Hall–Kier alpha value is -0.910. The minimum atomic E-state index is -0.825. The number of nitrogens with two attached hydrogens (primary N) is 1. The molecule has 1 aromatic rings. The van der Waals surface area contributed by atoms with Gasteiger partial charge in [-0.1, -0.05) is 19.3 Å². The molecule has 16 heavy (non-hydrogen) atoms. The molecule has 0 aromatic carbocycles. The molecule has 2 rings (SSSR count). The van der Waals surface area contributed by atoms with Crippen molar-refractivity contribution in [3.63, 3.8) is 0 Å². The summed E-state index contributed by atoms with van der Waals surface area (Å²) in [4.78, 5) is 12.3. The van der Waals surface area contributed by atoms with Crippen LogP contribution in [0.3, 0.4) is 0 Å². The van der Waals surface area contributed by atoms with Gasteiger partial charge in [-0.2, -0.15) is 0 Å². The highest BCUT2D eigenvalue weighted by atomic mass is 32.1. The summed E-state index contributed by atoms with van der Waals surface area (Å²) >= 11 is 1.43. The van der Waals surface area contributed by atoms with Gasteiger partial charge in [0, 0.05) is 4.88 Å². The Morgan fingerprint density at radius 3 is 2.75 bits per heavy atom. The van der Waals surface area contributed by atoms with E-state index in [1.807, 2.05) is 5.38 Å². The Morgan fingerprint density at radius 1 is 1.44 bits per heavy atom. The van der Waals surface area contributed by atoms with Gasteiger partial charge in [-0.25, -0.2) is 5.84 Å². The minimum absolute atomic E-state index is 0.324. The zero-order chi connectivity index (χ0) is 11.6. The summed E-state index contributed by atoms with van der Waals surface area (Å²) in [7, 11) is 0. The van der Waals surface area contributed by atoms with Gasteiger partial charge in [-0.05, 0) is 24.3 Å². The number of hydrogen-bond acceptors (Lipinski definition) is 4. The molecule has 1 aliphatic rings. The predicted octanol–water partition coefficient (Wildman–Crippen LogP) is 1.50. The smallest absolute Gasteiger partial charge is 0.266 e. The van der Waals surface area contributed by atoms with Gasteiger partial charge in [-0.3, -0.25) is 10.2 Å². The van der Waals surface area contributed by atoms with Crippen LogP contribution in [0.25, 0.3) is 0 Å². The van der Waals surface area contributed by atoms with Crippen molar-refractivity contribution in [1.29, 1.82) is 0 Å². The number of thiophene rings is 1. The van der Waals surface area contributed by atoms with Crippen molar-refractivity contribution in [2.24, 2.45) is 5.84 Å². The van der Waals surface area contributed by atoms with Crippen molar-refractivity contribution in [1.82, 2.24) is 5.43 Å². The molecule has 0 atom stereocenters. The Kier molecular flexibility index (Phi) is 3.28. The van der Waals surface area contributed by atoms with Gasteiger partial charge in [0.15, 0.2) is 0 Å². The van der Waals surface area contributed by atoms with Crippen LogP contribution in [0.5, 0.6) is 0 Å². The van der Waals surface area contributed by atoms with Crippen LogP contribution in [0.4, 0.5) is 0 Å². The van der Waals surface area contributed by atoms with Crippen molar-refractivity contribution in [3.05, 3.63) is 21.9 Å². The second-order valence-electron chi connectivity index (χ2n) is 4.23. The molecule has 1 aromatic heterocycles. The molecule has 0 radical (unpaired) electrons. The van der Waals surface area contributed by atoms with Gasteiger partial charge in [-0.15, -0.1) is 11.3 Å². The molecule has 4 N–H and O–H groups in total. The Labute approximate surface area is 98.4 Å². The van der Waals surface area contributed by atoms with Crippen LogP contribution >= 0.6 is 11.3 Å². The average Bonchev–Trinajstić information content (AvgIpc) is 2.78. The second kappa shape index (κ2) is 4.53. The molecule has 88 valence electrons. The van der Waals surface area contributed by atoms with Crippen molar-refractivity contribution >= 4 is 17.2 Å². The van der Waals surface area contributed by atoms with Gasteiger partial charge in [0.1, 0.15) is 0 Å². The highest BCUT2D eigenvalue weighted by Gasteiger charge is 2.35. The van der Waals surface area contributed by atoms with E-state index in [0.29, 0.717) is 5.56 Å². The van der Waals surface area contributed by atoms with Gasteiger partial charge >= 0.3 is 0 Å². The molecule has 0 bridgehead atoms. The molecule has 5 heteroatoms. The first-order chi connectivity index (χ1) is 7.67. The Bertz CT molecular complexity index is 383. The first kappa shape index (κ1) is 11.6. The van der Waals surface area contributed by atoms with E-state index in [9.17, 15) is 9.90 Å². The lowest BCUT2D eigenvalue weighted by Crippen LogP contribution is -2.34. The summed E-state index contributed by atoms with van der Waals surface area (Å²) in [5.41, 5.74) is 1.81. The molecule has 4 nitrogen and oxygen atoms in total. The molecular formula is C11H16N2O2S. The second-order valence-corrected chi connectivity index (χ2v) is 5.15. The van der Waals surface area contributed by atoms with Crippen LogP contribution in [0.15, 0.2) is 11.4 Å². The summed E-state index contributed by atoms with van der Waals surface area (Å²) < 4.78 is 0. The number of hydrogen-bond donors (Lipinski definition) is 3.